The predicted octanol–water partition coefficient (Wildman–Crippen LogP) is 2.76. The summed E-state index contributed by atoms with van der Waals surface area (Å²) in [6.07, 6.45) is 2.25. The van der Waals surface area contributed by atoms with Gasteiger partial charge < -0.3 is 14.6 Å². The molecule has 1 aliphatic rings. The van der Waals surface area contributed by atoms with Gasteiger partial charge in [0.25, 0.3) is 0 Å². The molecule has 1 aromatic carbocycles. The van der Waals surface area contributed by atoms with E-state index in [1.165, 1.54) is 5.56 Å². The van der Waals surface area contributed by atoms with Crippen molar-refractivity contribution in [3.05, 3.63) is 35.9 Å². The van der Waals surface area contributed by atoms with Gasteiger partial charge in [-0.25, -0.2) is 0 Å². The molecule has 0 saturated carbocycles. The smallest absolute Gasteiger partial charge is 0.308 e. The van der Waals surface area contributed by atoms with Gasteiger partial charge in [0.2, 0.25) is 0 Å². The van der Waals surface area contributed by atoms with E-state index in [0.29, 0.717) is 13.2 Å². The molecule has 1 N–H and O–H groups in total. The summed E-state index contributed by atoms with van der Waals surface area (Å²) in [5.74, 6) is -0.228. The second kappa shape index (κ2) is 9.32. The lowest BCUT2D eigenvalue weighted by atomic mass is 10.2. The average molecular weight is 349 g/mol. The third-order valence-electron chi connectivity index (χ3n) is 4.37. The molecule has 0 bridgehead atoms. The second-order valence-electron chi connectivity index (χ2n) is 7.64. The zero-order valence-corrected chi connectivity index (χ0v) is 15.6. The van der Waals surface area contributed by atoms with Crippen molar-refractivity contribution in [2.75, 3.05) is 19.8 Å². The first kappa shape index (κ1) is 19.9. The minimum absolute atomic E-state index is 0.168. The summed E-state index contributed by atoms with van der Waals surface area (Å²) in [7, 11) is 0. The van der Waals surface area contributed by atoms with Crippen molar-refractivity contribution in [2.45, 2.75) is 64.3 Å². The predicted molar refractivity (Wildman–Crippen MR) is 97.2 cm³/mol. The van der Waals surface area contributed by atoms with Crippen LogP contribution < -0.4 is 0 Å². The number of benzene rings is 1. The van der Waals surface area contributed by atoms with Crippen molar-refractivity contribution >= 4 is 5.97 Å². The molecule has 25 heavy (non-hydrogen) atoms. The zero-order chi connectivity index (χ0) is 18.3. The summed E-state index contributed by atoms with van der Waals surface area (Å²) in [6.45, 7) is 7.51. The van der Waals surface area contributed by atoms with Crippen LogP contribution in [-0.4, -0.2) is 53.5 Å². The number of hydrogen-bond donors (Lipinski definition) is 1. The first-order chi connectivity index (χ1) is 11.9. The summed E-state index contributed by atoms with van der Waals surface area (Å²) in [4.78, 5) is 14.0. The molecule has 0 unspecified atom stereocenters. The van der Waals surface area contributed by atoms with E-state index in [0.717, 1.165) is 19.4 Å². The number of hydrogen-bond acceptors (Lipinski definition) is 5. The van der Waals surface area contributed by atoms with Gasteiger partial charge in [-0.05, 0) is 39.2 Å². The molecule has 140 valence electrons. The number of esters is 1. The molecule has 0 amide bonds. The Bertz CT molecular complexity index is 526. The molecule has 1 aliphatic heterocycles. The van der Waals surface area contributed by atoms with Gasteiger partial charge >= 0.3 is 5.97 Å². The van der Waals surface area contributed by atoms with Gasteiger partial charge in [-0.15, -0.1) is 0 Å². The highest BCUT2D eigenvalue weighted by Crippen LogP contribution is 2.26. The lowest BCUT2D eigenvalue weighted by molar-refractivity contribution is -0.156. The van der Waals surface area contributed by atoms with Crippen molar-refractivity contribution in [1.29, 1.82) is 0 Å². The molecule has 1 fully saturated rings. The molecule has 2 atom stereocenters. The van der Waals surface area contributed by atoms with Crippen LogP contribution in [0, 0.1) is 0 Å². The standard InChI is InChI=1S/C20H31NO4/c1-20(2,3)25-19(23)11-12-24-15-18-10-9-17(14-22)21(18)13-16-7-5-4-6-8-16/h4-8,17-18,22H,9-15H2,1-3H3/t17-,18-/m0/s1. The van der Waals surface area contributed by atoms with Crippen LogP contribution in [0.1, 0.15) is 45.6 Å². The van der Waals surface area contributed by atoms with Crippen molar-refractivity contribution in [1.82, 2.24) is 4.90 Å². The maximum atomic E-state index is 11.7. The summed E-state index contributed by atoms with van der Waals surface area (Å²) < 4.78 is 11.0. The third kappa shape index (κ3) is 6.77. The Hall–Kier alpha value is -1.43. The maximum Gasteiger partial charge on any atom is 0.308 e. The van der Waals surface area contributed by atoms with Crippen molar-refractivity contribution in [3.63, 3.8) is 0 Å². The van der Waals surface area contributed by atoms with Crippen LogP contribution in [0.3, 0.4) is 0 Å². The molecule has 0 aliphatic carbocycles. The normalized spacial score (nSPS) is 21.4. The van der Waals surface area contributed by atoms with E-state index < -0.39 is 5.60 Å². The summed E-state index contributed by atoms with van der Waals surface area (Å²) in [5.41, 5.74) is 0.783. The van der Waals surface area contributed by atoms with Crippen LogP contribution in [0.5, 0.6) is 0 Å². The minimum Gasteiger partial charge on any atom is -0.460 e. The van der Waals surface area contributed by atoms with Crippen LogP contribution in [0.15, 0.2) is 30.3 Å². The summed E-state index contributed by atoms with van der Waals surface area (Å²) >= 11 is 0. The first-order valence-electron chi connectivity index (χ1n) is 9.09. The fraction of sp³-hybridized carbons (Fsp3) is 0.650. The van der Waals surface area contributed by atoms with Gasteiger partial charge in [0.1, 0.15) is 5.60 Å². The number of carbonyl (C=O) groups is 1. The topological polar surface area (TPSA) is 59.0 Å². The Morgan fingerprint density at radius 2 is 1.88 bits per heavy atom. The van der Waals surface area contributed by atoms with E-state index >= 15 is 0 Å². The quantitative estimate of drug-likeness (QED) is 0.578. The molecule has 1 aromatic rings. The van der Waals surface area contributed by atoms with Crippen molar-refractivity contribution < 1.29 is 19.4 Å². The molecular weight excluding hydrogens is 318 g/mol. The van der Waals surface area contributed by atoms with Crippen LogP contribution in [-0.2, 0) is 20.8 Å². The van der Waals surface area contributed by atoms with E-state index in [1.54, 1.807) is 0 Å². The molecule has 5 heteroatoms. The molecular formula is C20H31NO4. The molecule has 1 heterocycles. The van der Waals surface area contributed by atoms with E-state index in [2.05, 4.69) is 17.0 Å². The van der Waals surface area contributed by atoms with Gasteiger partial charge in [0.05, 0.1) is 26.2 Å². The molecule has 0 radical (unpaired) electrons. The Morgan fingerprint density at radius 1 is 1.20 bits per heavy atom. The van der Waals surface area contributed by atoms with Crippen LogP contribution in [0.25, 0.3) is 0 Å². The van der Waals surface area contributed by atoms with Gasteiger partial charge in [0.15, 0.2) is 0 Å². The molecule has 0 spiro atoms. The Balaban J connectivity index is 1.78. The largest absolute Gasteiger partial charge is 0.460 e. The van der Waals surface area contributed by atoms with Gasteiger partial charge in [-0.3, -0.25) is 9.69 Å². The SMILES string of the molecule is CC(C)(C)OC(=O)CCOC[C@@H]1CC[C@@H](CO)N1Cc1ccccc1. The summed E-state index contributed by atoms with van der Waals surface area (Å²) in [6, 6.07) is 10.7. The number of carbonyl (C=O) groups excluding carboxylic acids is 1. The van der Waals surface area contributed by atoms with Crippen molar-refractivity contribution in [2.24, 2.45) is 0 Å². The zero-order valence-electron chi connectivity index (χ0n) is 15.6. The molecule has 0 aromatic heterocycles. The second-order valence-corrected chi connectivity index (χ2v) is 7.64. The minimum atomic E-state index is -0.455. The molecule has 2 rings (SSSR count). The van der Waals surface area contributed by atoms with Crippen LogP contribution in [0.2, 0.25) is 0 Å². The Morgan fingerprint density at radius 3 is 2.52 bits per heavy atom. The Labute approximate surface area is 150 Å². The first-order valence-corrected chi connectivity index (χ1v) is 9.09. The number of likely N-dealkylation sites (tertiary alicyclic amines) is 1. The summed E-state index contributed by atoms with van der Waals surface area (Å²) in [5, 5.41) is 9.64. The number of ether oxygens (including phenoxy) is 2. The highest BCUT2D eigenvalue weighted by atomic mass is 16.6. The average Bonchev–Trinajstić information content (AvgIpc) is 2.93. The number of aliphatic hydroxyl groups excluding tert-OH is 1. The number of rotatable bonds is 8. The van der Waals surface area contributed by atoms with E-state index in [4.69, 9.17) is 9.47 Å². The fourth-order valence-corrected chi connectivity index (χ4v) is 3.21. The highest BCUT2D eigenvalue weighted by Gasteiger charge is 2.32. The van der Waals surface area contributed by atoms with Gasteiger partial charge in [-0.1, -0.05) is 30.3 Å². The Kier molecular flexibility index (Phi) is 7.41. The van der Waals surface area contributed by atoms with E-state index in [1.807, 2.05) is 39.0 Å². The van der Waals surface area contributed by atoms with Crippen LogP contribution in [0.4, 0.5) is 0 Å². The van der Waals surface area contributed by atoms with Crippen LogP contribution >= 0.6 is 0 Å². The maximum absolute atomic E-state index is 11.7. The number of aliphatic hydroxyl groups is 1. The number of nitrogens with zero attached hydrogens (tertiary/aromatic N) is 1. The third-order valence-corrected chi connectivity index (χ3v) is 4.37. The lowest BCUT2D eigenvalue weighted by Gasteiger charge is -2.29. The molecule has 5 nitrogen and oxygen atoms in total. The van der Waals surface area contributed by atoms with E-state index in [9.17, 15) is 9.90 Å². The highest BCUT2D eigenvalue weighted by molar-refractivity contribution is 5.69. The monoisotopic (exact) mass is 349 g/mol. The van der Waals surface area contributed by atoms with E-state index in [-0.39, 0.29) is 31.1 Å². The fourth-order valence-electron chi connectivity index (χ4n) is 3.21. The lowest BCUT2D eigenvalue weighted by Crippen LogP contribution is -2.40. The van der Waals surface area contributed by atoms with Gasteiger partial charge in [0, 0.05) is 18.6 Å². The molecule has 1 saturated heterocycles. The van der Waals surface area contributed by atoms with Gasteiger partial charge in [-0.2, -0.15) is 0 Å². The van der Waals surface area contributed by atoms with Crippen molar-refractivity contribution in [3.8, 4) is 0 Å².